The molecule has 1 amide bonds. The maximum atomic E-state index is 13.0. The summed E-state index contributed by atoms with van der Waals surface area (Å²) in [6.07, 6.45) is 1.28. The predicted octanol–water partition coefficient (Wildman–Crippen LogP) is 0.601. The van der Waals surface area contributed by atoms with Crippen molar-refractivity contribution in [2.24, 2.45) is 11.7 Å². The second-order valence-electron chi connectivity index (χ2n) is 5.83. The summed E-state index contributed by atoms with van der Waals surface area (Å²) < 4.78 is 37.6. The smallest absolute Gasteiger partial charge is 0.243 e. The highest BCUT2D eigenvalue weighted by Crippen LogP contribution is 2.29. The van der Waals surface area contributed by atoms with Crippen molar-refractivity contribution in [2.45, 2.75) is 17.7 Å². The van der Waals surface area contributed by atoms with Gasteiger partial charge in [0.05, 0.1) is 25.0 Å². The Morgan fingerprint density at radius 1 is 1.27 bits per heavy atom. The van der Waals surface area contributed by atoms with Crippen molar-refractivity contribution in [3.05, 3.63) is 18.2 Å². The Morgan fingerprint density at radius 3 is 2.42 bits per heavy atom. The minimum Gasteiger partial charge on any atom is -0.497 e. The van der Waals surface area contributed by atoms with Crippen LogP contribution in [0.1, 0.15) is 12.8 Å². The van der Waals surface area contributed by atoms with E-state index < -0.39 is 10.0 Å². The Bertz CT molecular complexity index is 692. The van der Waals surface area contributed by atoms with Crippen LogP contribution in [0.3, 0.4) is 0 Å². The van der Waals surface area contributed by atoms with E-state index in [-0.39, 0.29) is 35.7 Å². The molecule has 148 valence electrons. The lowest BCUT2D eigenvalue weighted by atomic mass is 9.99. The highest BCUT2D eigenvalue weighted by molar-refractivity contribution is 7.89. The molecule has 2 rings (SSSR count). The largest absolute Gasteiger partial charge is 0.497 e. The van der Waals surface area contributed by atoms with E-state index in [1.54, 1.807) is 6.07 Å². The minimum absolute atomic E-state index is 0. The van der Waals surface area contributed by atoms with Gasteiger partial charge in [0.2, 0.25) is 15.9 Å². The summed E-state index contributed by atoms with van der Waals surface area (Å²) in [6, 6.07) is 4.52. The lowest BCUT2D eigenvalue weighted by Gasteiger charge is -2.31. The van der Waals surface area contributed by atoms with Gasteiger partial charge in [-0.25, -0.2) is 8.42 Å². The van der Waals surface area contributed by atoms with E-state index in [1.807, 2.05) is 0 Å². The molecule has 3 N–H and O–H groups in total. The highest BCUT2D eigenvalue weighted by Gasteiger charge is 2.33. The standard InChI is InChI=1S/C16H25N3O5S.ClH/c1-23-13-8-14(24-2)10-15(9-13)25(21,22)19-7-3-4-12(11-19)16(20)18-6-5-17;/h8-10,12H,3-7,11,17H2,1-2H3,(H,18,20);1H. The van der Waals surface area contributed by atoms with Gasteiger partial charge in [-0.3, -0.25) is 4.79 Å². The summed E-state index contributed by atoms with van der Waals surface area (Å²) in [5, 5.41) is 2.72. The number of rotatable bonds is 7. The molecule has 0 bridgehead atoms. The van der Waals surface area contributed by atoms with Gasteiger partial charge in [0, 0.05) is 44.4 Å². The van der Waals surface area contributed by atoms with Crippen molar-refractivity contribution in [3.8, 4) is 11.5 Å². The number of nitrogens with one attached hydrogen (secondary N) is 1. The number of sulfonamides is 1. The summed E-state index contributed by atoms with van der Waals surface area (Å²) in [7, 11) is -0.821. The molecule has 0 aliphatic carbocycles. The van der Waals surface area contributed by atoms with Crippen molar-refractivity contribution in [1.82, 2.24) is 9.62 Å². The van der Waals surface area contributed by atoms with Gasteiger partial charge < -0.3 is 20.5 Å². The zero-order valence-electron chi connectivity index (χ0n) is 14.9. The van der Waals surface area contributed by atoms with Crippen LogP contribution in [0.2, 0.25) is 0 Å². The third-order valence-electron chi connectivity index (χ3n) is 4.16. The van der Waals surface area contributed by atoms with E-state index in [4.69, 9.17) is 15.2 Å². The lowest BCUT2D eigenvalue weighted by molar-refractivity contribution is -0.126. The SMILES string of the molecule is COc1cc(OC)cc(S(=O)(=O)N2CCCC(C(=O)NCCN)C2)c1.Cl. The number of benzene rings is 1. The molecule has 0 radical (unpaired) electrons. The molecule has 1 aliphatic rings. The number of nitrogens with zero attached hydrogens (tertiary/aromatic N) is 1. The zero-order valence-corrected chi connectivity index (χ0v) is 16.6. The van der Waals surface area contributed by atoms with Crippen LogP contribution >= 0.6 is 12.4 Å². The van der Waals surface area contributed by atoms with Gasteiger partial charge >= 0.3 is 0 Å². The van der Waals surface area contributed by atoms with Crippen LogP contribution in [-0.4, -0.2) is 59.0 Å². The molecule has 1 heterocycles. The first-order valence-electron chi connectivity index (χ1n) is 8.13. The third-order valence-corrected chi connectivity index (χ3v) is 6.00. The van der Waals surface area contributed by atoms with Crippen LogP contribution in [0.4, 0.5) is 0 Å². The summed E-state index contributed by atoms with van der Waals surface area (Å²) in [5.41, 5.74) is 5.39. The summed E-state index contributed by atoms with van der Waals surface area (Å²) in [4.78, 5) is 12.2. The number of hydrogen-bond donors (Lipinski definition) is 2. The van der Waals surface area contributed by atoms with E-state index in [2.05, 4.69) is 5.32 Å². The molecule has 1 aliphatic heterocycles. The van der Waals surface area contributed by atoms with E-state index in [0.717, 1.165) is 0 Å². The van der Waals surface area contributed by atoms with Crippen LogP contribution in [0, 0.1) is 5.92 Å². The van der Waals surface area contributed by atoms with Gasteiger partial charge in [-0.05, 0) is 12.8 Å². The van der Waals surface area contributed by atoms with Crippen molar-refractivity contribution >= 4 is 28.3 Å². The van der Waals surface area contributed by atoms with Crippen molar-refractivity contribution in [2.75, 3.05) is 40.4 Å². The quantitative estimate of drug-likeness (QED) is 0.684. The topological polar surface area (TPSA) is 111 Å². The highest BCUT2D eigenvalue weighted by atomic mass is 35.5. The monoisotopic (exact) mass is 407 g/mol. The number of carbonyl (C=O) groups excluding carboxylic acids is 1. The molecular formula is C16H26ClN3O5S. The Hall–Kier alpha value is -1.55. The molecule has 0 aromatic heterocycles. The zero-order chi connectivity index (χ0) is 18.4. The number of hydrogen-bond acceptors (Lipinski definition) is 6. The van der Waals surface area contributed by atoms with E-state index in [9.17, 15) is 13.2 Å². The first-order chi connectivity index (χ1) is 11.9. The molecule has 0 spiro atoms. The number of piperidine rings is 1. The van der Waals surface area contributed by atoms with Gasteiger partial charge in [-0.2, -0.15) is 4.31 Å². The third kappa shape index (κ3) is 5.23. The second-order valence-corrected chi connectivity index (χ2v) is 7.77. The normalized spacial score (nSPS) is 17.9. The number of methoxy groups -OCH3 is 2. The number of nitrogens with two attached hydrogens (primary N) is 1. The van der Waals surface area contributed by atoms with Crippen LogP contribution in [0.15, 0.2) is 23.1 Å². The van der Waals surface area contributed by atoms with Crippen LogP contribution in [0.25, 0.3) is 0 Å². The van der Waals surface area contributed by atoms with E-state index >= 15 is 0 Å². The Morgan fingerprint density at radius 2 is 1.88 bits per heavy atom. The maximum absolute atomic E-state index is 13.0. The molecule has 26 heavy (non-hydrogen) atoms. The van der Waals surface area contributed by atoms with Crippen LogP contribution in [-0.2, 0) is 14.8 Å². The minimum atomic E-state index is -3.75. The molecule has 1 atom stereocenters. The second kappa shape index (κ2) is 9.96. The molecule has 10 heteroatoms. The number of carbonyl (C=O) groups is 1. The summed E-state index contributed by atoms with van der Waals surface area (Å²) >= 11 is 0. The lowest BCUT2D eigenvalue weighted by Crippen LogP contribution is -2.46. The van der Waals surface area contributed by atoms with Gasteiger partial charge in [-0.15, -0.1) is 12.4 Å². The average Bonchev–Trinajstić information content (AvgIpc) is 2.65. The predicted molar refractivity (Wildman–Crippen MR) is 100 cm³/mol. The fourth-order valence-corrected chi connectivity index (χ4v) is 4.37. The molecule has 1 aromatic rings. The first-order valence-corrected chi connectivity index (χ1v) is 9.57. The van der Waals surface area contributed by atoms with Gasteiger partial charge in [-0.1, -0.05) is 0 Å². The maximum Gasteiger partial charge on any atom is 0.243 e. The average molecular weight is 408 g/mol. The number of halogens is 1. The fraction of sp³-hybridized carbons (Fsp3) is 0.562. The van der Waals surface area contributed by atoms with Gasteiger partial charge in [0.1, 0.15) is 11.5 Å². The van der Waals surface area contributed by atoms with E-state index in [1.165, 1.54) is 30.7 Å². The number of ether oxygens (including phenoxy) is 2. The fourth-order valence-electron chi connectivity index (χ4n) is 2.79. The Kier molecular flexibility index (Phi) is 8.61. The molecule has 0 saturated carbocycles. The van der Waals surface area contributed by atoms with Gasteiger partial charge in [0.25, 0.3) is 0 Å². The van der Waals surface area contributed by atoms with Crippen LogP contribution in [0.5, 0.6) is 11.5 Å². The van der Waals surface area contributed by atoms with E-state index in [0.29, 0.717) is 44.0 Å². The first kappa shape index (κ1) is 22.5. The van der Waals surface area contributed by atoms with Crippen molar-refractivity contribution in [1.29, 1.82) is 0 Å². The van der Waals surface area contributed by atoms with Crippen LogP contribution < -0.4 is 20.5 Å². The van der Waals surface area contributed by atoms with Gasteiger partial charge in [0.15, 0.2) is 0 Å². The summed E-state index contributed by atoms with van der Waals surface area (Å²) in [5.74, 6) is 0.260. The number of amides is 1. The molecule has 1 fully saturated rings. The van der Waals surface area contributed by atoms with Crippen molar-refractivity contribution in [3.63, 3.8) is 0 Å². The van der Waals surface area contributed by atoms with Crippen molar-refractivity contribution < 1.29 is 22.7 Å². The molecule has 1 unspecified atom stereocenters. The molecule has 8 nitrogen and oxygen atoms in total. The molecule has 1 aromatic carbocycles. The Labute approximate surface area is 160 Å². The Balaban J connectivity index is 0.00000338. The summed E-state index contributed by atoms with van der Waals surface area (Å²) in [6.45, 7) is 1.26. The molecule has 1 saturated heterocycles. The molecular weight excluding hydrogens is 382 g/mol.